The third-order valence-corrected chi connectivity index (χ3v) is 6.79. The highest BCUT2D eigenvalue weighted by Gasteiger charge is 2.49. The van der Waals surface area contributed by atoms with Gasteiger partial charge in [-0.3, -0.25) is 4.99 Å². The highest BCUT2D eigenvalue weighted by Crippen LogP contribution is 2.36. The van der Waals surface area contributed by atoms with Gasteiger partial charge < -0.3 is 20.3 Å². The highest BCUT2D eigenvalue weighted by atomic mass is 32.2. The molecule has 9 heteroatoms. The largest absolute Gasteiger partial charge is 0.388 e. The van der Waals surface area contributed by atoms with E-state index in [2.05, 4.69) is 10.3 Å². The summed E-state index contributed by atoms with van der Waals surface area (Å²) in [7, 11) is -1.79. The number of ether oxygens (including phenoxy) is 1. The van der Waals surface area contributed by atoms with Gasteiger partial charge in [0.1, 0.15) is 29.8 Å². The van der Waals surface area contributed by atoms with Crippen molar-refractivity contribution in [2.45, 2.75) is 35.5 Å². The second-order valence-corrected chi connectivity index (χ2v) is 9.05. The molecular weight excluding hydrogens is 352 g/mol. The van der Waals surface area contributed by atoms with Gasteiger partial charge in [-0.05, 0) is 5.56 Å². The third kappa shape index (κ3) is 3.75. The zero-order valence-electron chi connectivity index (χ0n) is 13.1. The van der Waals surface area contributed by atoms with Crippen LogP contribution in [0.5, 0.6) is 0 Å². The van der Waals surface area contributed by atoms with Crippen LogP contribution in [0.15, 0.2) is 35.3 Å². The number of hydrogen-bond donors (Lipinski definition) is 3. The van der Waals surface area contributed by atoms with E-state index in [0.717, 1.165) is 0 Å². The highest BCUT2D eigenvalue weighted by molar-refractivity contribution is 8.14. The lowest BCUT2D eigenvalue weighted by Crippen LogP contribution is -2.56. The molecule has 7 nitrogen and oxygen atoms in total. The van der Waals surface area contributed by atoms with Gasteiger partial charge in [0, 0.05) is 7.05 Å². The summed E-state index contributed by atoms with van der Waals surface area (Å²) in [6.07, 6.45) is -3.43. The van der Waals surface area contributed by atoms with Gasteiger partial charge in [0.15, 0.2) is 15.0 Å². The molecule has 0 aromatic heterocycles. The van der Waals surface area contributed by atoms with Crippen molar-refractivity contribution in [2.24, 2.45) is 4.99 Å². The average molecular weight is 372 g/mol. The molecule has 0 radical (unpaired) electrons. The van der Waals surface area contributed by atoms with E-state index in [1.165, 1.54) is 11.8 Å². The Bertz CT molecular complexity index is 710. The molecule has 0 aliphatic carbocycles. The lowest BCUT2D eigenvalue weighted by Gasteiger charge is -2.38. The Balaban J connectivity index is 1.69. The van der Waals surface area contributed by atoms with Crippen molar-refractivity contribution in [1.82, 2.24) is 5.32 Å². The van der Waals surface area contributed by atoms with E-state index in [-0.39, 0.29) is 11.5 Å². The number of nitrogens with zero attached hydrogens (tertiary/aromatic N) is 1. The van der Waals surface area contributed by atoms with Crippen molar-refractivity contribution in [3.05, 3.63) is 35.9 Å². The second kappa shape index (κ2) is 7.01. The molecule has 1 fully saturated rings. The maximum absolute atomic E-state index is 12.4. The number of benzene rings is 1. The Morgan fingerprint density at radius 2 is 1.96 bits per heavy atom. The molecule has 0 bridgehead atoms. The number of amidine groups is 1. The summed E-state index contributed by atoms with van der Waals surface area (Å²) >= 11 is 1.28. The minimum Gasteiger partial charge on any atom is -0.388 e. The molecular formula is C15H20N2O5S2. The van der Waals surface area contributed by atoms with Gasteiger partial charge in [0.2, 0.25) is 0 Å². The molecule has 1 saturated heterocycles. The molecule has 1 aromatic carbocycles. The molecule has 0 spiro atoms. The molecule has 3 N–H and O–H groups in total. The lowest BCUT2D eigenvalue weighted by molar-refractivity contribution is -0.144. The number of rotatable bonds is 4. The maximum Gasteiger partial charge on any atom is 0.159 e. The fraction of sp³-hybridized carbons (Fsp3) is 0.533. The van der Waals surface area contributed by atoms with E-state index in [9.17, 15) is 18.6 Å². The zero-order chi connectivity index (χ0) is 17.3. The minimum absolute atomic E-state index is 0.129. The van der Waals surface area contributed by atoms with Gasteiger partial charge in [-0.25, -0.2) is 8.42 Å². The standard InChI is InChI=1S/C15H20N2O5S2/c1-16-15-17-11-13(19)12(18)10(22-14(11)23-15)8-24(20,21)7-9-5-3-2-4-6-9/h2-6,10-14,18-19H,7-8H2,1H3,(H,16,17)/t10-,11-,12-,13-,14-/m1/s1. The summed E-state index contributed by atoms with van der Waals surface area (Å²) in [5, 5.41) is 24.0. The number of nitrogens with one attached hydrogen (secondary N) is 1. The van der Waals surface area contributed by atoms with Crippen molar-refractivity contribution < 1.29 is 23.4 Å². The van der Waals surface area contributed by atoms with Crippen molar-refractivity contribution >= 4 is 26.8 Å². The van der Waals surface area contributed by atoms with Crippen molar-refractivity contribution in [3.63, 3.8) is 0 Å². The predicted octanol–water partition coefficient (Wildman–Crippen LogP) is -0.261. The van der Waals surface area contributed by atoms with Crippen LogP contribution in [0.1, 0.15) is 5.56 Å². The minimum atomic E-state index is -3.50. The molecule has 24 heavy (non-hydrogen) atoms. The first-order chi connectivity index (χ1) is 11.4. The van der Waals surface area contributed by atoms with Crippen LogP contribution < -0.4 is 5.32 Å². The van der Waals surface area contributed by atoms with Gasteiger partial charge in [-0.2, -0.15) is 0 Å². The second-order valence-electron chi connectivity index (χ2n) is 5.86. The number of fused-ring (bicyclic) bond motifs is 1. The van der Waals surface area contributed by atoms with E-state index in [0.29, 0.717) is 10.7 Å². The third-order valence-electron chi connectivity index (χ3n) is 4.02. The maximum atomic E-state index is 12.4. The monoisotopic (exact) mass is 372 g/mol. The quantitative estimate of drug-likeness (QED) is 0.668. The molecule has 1 aromatic rings. The zero-order valence-corrected chi connectivity index (χ0v) is 14.7. The van der Waals surface area contributed by atoms with Crippen molar-refractivity contribution in [1.29, 1.82) is 0 Å². The van der Waals surface area contributed by atoms with Gasteiger partial charge in [-0.1, -0.05) is 42.1 Å². The van der Waals surface area contributed by atoms with Crippen LogP contribution >= 0.6 is 11.8 Å². The normalized spacial score (nSPS) is 33.0. The molecule has 2 heterocycles. The van der Waals surface area contributed by atoms with Gasteiger partial charge in [-0.15, -0.1) is 0 Å². The number of aliphatic hydroxyl groups excluding tert-OH is 2. The number of thioether (sulfide) groups is 1. The first kappa shape index (κ1) is 17.7. The number of sulfone groups is 1. The summed E-state index contributed by atoms with van der Waals surface area (Å²) in [6, 6.07) is 8.24. The summed E-state index contributed by atoms with van der Waals surface area (Å²) < 4.78 is 30.5. The van der Waals surface area contributed by atoms with Crippen LogP contribution in [-0.2, 0) is 20.3 Å². The predicted molar refractivity (Wildman–Crippen MR) is 92.5 cm³/mol. The van der Waals surface area contributed by atoms with Crippen molar-refractivity contribution in [3.8, 4) is 0 Å². The average Bonchev–Trinajstić information content (AvgIpc) is 2.96. The number of hydrogen-bond acceptors (Lipinski definition) is 8. The van der Waals surface area contributed by atoms with Crippen molar-refractivity contribution in [2.75, 3.05) is 12.8 Å². The number of aliphatic hydroxyl groups is 2. The van der Waals surface area contributed by atoms with E-state index >= 15 is 0 Å². The molecule has 5 atom stereocenters. The first-order valence-corrected chi connectivity index (χ1v) is 10.3. The Morgan fingerprint density at radius 3 is 2.62 bits per heavy atom. The molecule has 132 valence electrons. The Kier molecular flexibility index (Phi) is 5.16. The first-order valence-electron chi connectivity index (χ1n) is 7.58. The van der Waals surface area contributed by atoms with E-state index in [1.54, 1.807) is 31.3 Å². The Labute approximate surface area is 145 Å². The molecule has 0 unspecified atom stereocenters. The summed E-state index contributed by atoms with van der Waals surface area (Å²) in [4.78, 5) is 4.24. The fourth-order valence-corrected chi connectivity index (χ4v) is 5.50. The lowest BCUT2D eigenvalue weighted by atomic mass is 9.99. The molecule has 0 saturated carbocycles. The summed E-state index contributed by atoms with van der Waals surface area (Å²) in [5.41, 5.74) is 0.181. The van der Waals surface area contributed by atoms with E-state index in [1.807, 2.05) is 6.07 Å². The Hall–Kier alpha value is -1.13. The SMILES string of the molecule is CNC1=N[C@@H]2[C@@H](O)[C@H](O)[C@@H](CS(=O)(=O)Cc3ccccc3)O[C@@H]2S1. The smallest absolute Gasteiger partial charge is 0.159 e. The topological polar surface area (TPSA) is 108 Å². The molecule has 2 aliphatic rings. The Morgan fingerprint density at radius 1 is 1.25 bits per heavy atom. The van der Waals surface area contributed by atoms with Crippen LogP contribution in [0, 0.1) is 0 Å². The summed E-state index contributed by atoms with van der Waals surface area (Å²) in [6.45, 7) is 0. The van der Waals surface area contributed by atoms with Gasteiger partial charge >= 0.3 is 0 Å². The van der Waals surface area contributed by atoms with Crippen LogP contribution in [0.3, 0.4) is 0 Å². The van der Waals surface area contributed by atoms with Gasteiger partial charge in [0.25, 0.3) is 0 Å². The van der Waals surface area contributed by atoms with Crippen LogP contribution in [0.4, 0.5) is 0 Å². The van der Waals surface area contributed by atoms with Gasteiger partial charge in [0.05, 0.1) is 11.5 Å². The van der Waals surface area contributed by atoms with E-state index < -0.39 is 39.6 Å². The van der Waals surface area contributed by atoms with E-state index in [4.69, 9.17) is 4.74 Å². The van der Waals surface area contributed by atoms with Crippen LogP contribution in [0.25, 0.3) is 0 Å². The summed E-state index contributed by atoms with van der Waals surface area (Å²) in [5.74, 6) is -0.477. The molecule has 3 rings (SSSR count). The van der Waals surface area contributed by atoms with Crippen LogP contribution in [-0.4, -0.2) is 66.4 Å². The fourth-order valence-electron chi connectivity index (χ4n) is 2.83. The molecule has 2 aliphatic heterocycles. The number of aliphatic imine (C=N–C) groups is 1. The van der Waals surface area contributed by atoms with Crippen LogP contribution in [0.2, 0.25) is 0 Å². The molecule has 0 amide bonds.